The zero-order valence-electron chi connectivity index (χ0n) is 18.3. The first-order chi connectivity index (χ1) is 17.2. The van der Waals surface area contributed by atoms with Crippen LogP contribution in [0.5, 0.6) is 0 Å². The summed E-state index contributed by atoms with van der Waals surface area (Å²) in [6, 6.07) is 21.1. The highest BCUT2D eigenvalue weighted by Gasteiger charge is 2.20. The van der Waals surface area contributed by atoms with Gasteiger partial charge in [-0.05, 0) is 69.2 Å². The smallest absolute Gasteiger partial charge is 0.295 e. The van der Waals surface area contributed by atoms with E-state index in [0.717, 1.165) is 21.3 Å². The van der Waals surface area contributed by atoms with Crippen LogP contribution in [-0.2, 0) is 10.0 Å². The molecule has 0 aliphatic rings. The van der Waals surface area contributed by atoms with Crippen LogP contribution in [0.15, 0.2) is 88.2 Å². The molecule has 1 heterocycles. The van der Waals surface area contributed by atoms with Crippen LogP contribution in [0.3, 0.4) is 0 Å². The molecule has 3 N–H and O–H groups in total. The summed E-state index contributed by atoms with van der Waals surface area (Å²) in [5, 5.41) is 20.9. The van der Waals surface area contributed by atoms with Gasteiger partial charge in [0.2, 0.25) is 15.8 Å². The lowest BCUT2D eigenvalue weighted by Crippen LogP contribution is -2.19. The van der Waals surface area contributed by atoms with Crippen molar-refractivity contribution in [2.24, 2.45) is 5.14 Å². The number of primary sulfonamides is 1. The number of hydrogen-bond donors (Lipinski definition) is 2. The highest BCUT2D eigenvalue weighted by atomic mass is 79.9. The first kappa shape index (κ1) is 23.7. The molecule has 12 heteroatoms. The Bertz CT molecular complexity index is 1760. The molecule has 0 aliphatic carbocycles. The number of aromatic nitrogens is 4. The number of amides is 1. The molecule has 0 bridgehead atoms. The quantitative estimate of drug-likeness (QED) is 0.326. The summed E-state index contributed by atoms with van der Waals surface area (Å²) in [7, 11) is -4.02. The number of nitrogens with one attached hydrogen (secondary N) is 1. The van der Waals surface area contributed by atoms with Gasteiger partial charge >= 0.3 is 0 Å². The van der Waals surface area contributed by atoms with E-state index in [-0.39, 0.29) is 27.5 Å². The molecule has 0 aliphatic heterocycles. The van der Waals surface area contributed by atoms with Gasteiger partial charge in [0.05, 0.1) is 16.3 Å². The third-order valence-electron chi connectivity index (χ3n) is 5.42. The van der Waals surface area contributed by atoms with Crippen molar-refractivity contribution in [2.45, 2.75) is 4.90 Å². The number of nitrogens with zero attached hydrogens (tertiary/aromatic N) is 4. The molecule has 1 aromatic heterocycles. The van der Waals surface area contributed by atoms with Gasteiger partial charge in [-0.15, -0.1) is 5.10 Å². The van der Waals surface area contributed by atoms with E-state index in [1.54, 1.807) is 12.1 Å². The van der Waals surface area contributed by atoms with Crippen molar-refractivity contribution in [3.05, 3.63) is 95.0 Å². The molecule has 5 aromatic rings. The Kier molecular flexibility index (Phi) is 6.08. The number of tetrazole rings is 1. The Balaban J connectivity index is 1.43. The zero-order valence-corrected chi connectivity index (χ0v) is 20.7. The van der Waals surface area contributed by atoms with Crippen LogP contribution >= 0.6 is 15.9 Å². The van der Waals surface area contributed by atoms with Crippen LogP contribution in [0.2, 0.25) is 0 Å². The van der Waals surface area contributed by atoms with E-state index in [4.69, 9.17) is 5.14 Å². The lowest BCUT2D eigenvalue weighted by Gasteiger charge is -2.11. The standard InChI is InChI=1S/C24H16BrFN6O3S/c25-17-8-5-15-12-18(9-6-14(15)11-17)32-23(29-30-31-32)24(33)28-21-10-7-16(13-20(21)26)19-3-1-2-4-22(19)36(27,34)35/h1-13H,(H,28,33)(H2,27,34,35). The van der Waals surface area contributed by atoms with Gasteiger partial charge in [-0.3, -0.25) is 4.79 Å². The van der Waals surface area contributed by atoms with E-state index in [0.29, 0.717) is 5.69 Å². The summed E-state index contributed by atoms with van der Waals surface area (Å²) in [6.07, 6.45) is 0. The van der Waals surface area contributed by atoms with Gasteiger partial charge in [0.15, 0.2) is 0 Å². The van der Waals surface area contributed by atoms with Gasteiger partial charge in [0.25, 0.3) is 5.91 Å². The minimum Gasteiger partial charge on any atom is -0.317 e. The molecule has 0 radical (unpaired) electrons. The third-order valence-corrected chi connectivity index (χ3v) is 6.89. The van der Waals surface area contributed by atoms with Crippen LogP contribution in [-0.4, -0.2) is 34.5 Å². The van der Waals surface area contributed by atoms with E-state index in [1.165, 1.54) is 35.0 Å². The van der Waals surface area contributed by atoms with E-state index < -0.39 is 21.7 Å². The molecule has 1 amide bonds. The maximum atomic E-state index is 14.9. The summed E-state index contributed by atoms with van der Waals surface area (Å²) in [4.78, 5) is 12.8. The number of sulfonamides is 1. The van der Waals surface area contributed by atoms with E-state index in [2.05, 4.69) is 36.8 Å². The Hall–Kier alpha value is -4.00. The molecule has 0 unspecified atom stereocenters. The van der Waals surface area contributed by atoms with E-state index >= 15 is 0 Å². The molecule has 0 atom stereocenters. The van der Waals surface area contributed by atoms with Crippen molar-refractivity contribution in [3.8, 4) is 16.8 Å². The highest BCUT2D eigenvalue weighted by Crippen LogP contribution is 2.29. The fraction of sp³-hybridized carbons (Fsp3) is 0. The molecule has 0 saturated heterocycles. The average molecular weight is 567 g/mol. The molecular formula is C24H16BrFN6O3S. The molecule has 0 saturated carbocycles. The summed E-state index contributed by atoms with van der Waals surface area (Å²) in [5.74, 6) is -1.65. The Morgan fingerprint density at radius 1 is 0.972 bits per heavy atom. The third kappa shape index (κ3) is 4.61. The topological polar surface area (TPSA) is 133 Å². The minimum atomic E-state index is -4.02. The van der Waals surface area contributed by atoms with Gasteiger partial charge in [-0.2, -0.15) is 4.68 Å². The molecule has 36 heavy (non-hydrogen) atoms. The predicted octanol–water partition coefficient (Wildman–Crippen LogP) is 4.28. The van der Waals surface area contributed by atoms with Crippen LogP contribution in [0.1, 0.15) is 10.6 Å². The Labute approximate surface area is 212 Å². The number of fused-ring (bicyclic) bond motifs is 1. The van der Waals surface area contributed by atoms with Crippen LogP contribution in [0, 0.1) is 5.82 Å². The van der Waals surface area contributed by atoms with Crippen molar-refractivity contribution >= 4 is 48.3 Å². The maximum absolute atomic E-state index is 14.9. The Morgan fingerprint density at radius 2 is 1.72 bits per heavy atom. The largest absolute Gasteiger partial charge is 0.317 e. The van der Waals surface area contributed by atoms with Gasteiger partial charge in [-0.25, -0.2) is 17.9 Å². The monoisotopic (exact) mass is 566 g/mol. The fourth-order valence-corrected chi connectivity index (χ4v) is 4.89. The molecule has 5 rings (SSSR count). The SMILES string of the molecule is NS(=O)(=O)c1ccccc1-c1ccc(NC(=O)c2nnnn2-c2ccc3cc(Br)ccc3c2)c(F)c1. The van der Waals surface area contributed by atoms with Gasteiger partial charge in [0, 0.05) is 10.0 Å². The van der Waals surface area contributed by atoms with Crippen LogP contribution < -0.4 is 10.5 Å². The summed E-state index contributed by atoms with van der Waals surface area (Å²) < 4.78 is 40.9. The first-order valence-electron chi connectivity index (χ1n) is 10.4. The van der Waals surface area contributed by atoms with Crippen molar-refractivity contribution in [2.75, 3.05) is 5.32 Å². The van der Waals surface area contributed by atoms with Crippen molar-refractivity contribution in [3.63, 3.8) is 0 Å². The molecule has 0 spiro atoms. The molecule has 180 valence electrons. The lowest BCUT2D eigenvalue weighted by atomic mass is 10.0. The van der Waals surface area contributed by atoms with Gasteiger partial charge < -0.3 is 5.32 Å². The number of anilines is 1. The number of halogens is 2. The summed E-state index contributed by atoms with van der Waals surface area (Å²) >= 11 is 3.43. The number of benzene rings is 4. The average Bonchev–Trinajstić information content (AvgIpc) is 3.35. The molecule has 9 nitrogen and oxygen atoms in total. The predicted molar refractivity (Wildman–Crippen MR) is 136 cm³/mol. The van der Waals surface area contributed by atoms with Crippen molar-refractivity contribution in [1.82, 2.24) is 20.2 Å². The summed E-state index contributed by atoms with van der Waals surface area (Å²) in [5.41, 5.74) is 0.942. The second kappa shape index (κ2) is 9.22. The molecule has 0 fully saturated rings. The minimum absolute atomic E-state index is 0.130. The van der Waals surface area contributed by atoms with Crippen LogP contribution in [0.25, 0.3) is 27.6 Å². The number of carbonyl (C=O) groups is 1. The molecular weight excluding hydrogens is 551 g/mol. The first-order valence-corrected chi connectivity index (χ1v) is 12.8. The second-order valence-corrected chi connectivity index (χ2v) is 10.2. The van der Waals surface area contributed by atoms with Crippen LogP contribution in [0.4, 0.5) is 10.1 Å². The highest BCUT2D eigenvalue weighted by molar-refractivity contribution is 9.10. The number of carbonyl (C=O) groups excluding carboxylic acids is 1. The lowest BCUT2D eigenvalue weighted by molar-refractivity contribution is 0.101. The van der Waals surface area contributed by atoms with Crippen molar-refractivity contribution in [1.29, 1.82) is 0 Å². The fourth-order valence-electron chi connectivity index (χ4n) is 3.75. The van der Waals surface area contributed by atoms with Gasteiger partial charge in [0.1, 0.15) is 5.82 Å². The van der Waals surface area contributed by atoms with E-state index in [1.807, 2.05) is 30.3 Å². The number of rotatable bonds is 5. The van der Waals surface area contributed by atoms with E-state index in [9.17, 15) is 17.6 Å². The molecule has 4 aromatic carbocycles. The number of hydrogen-bond acceptors (Lipinski definition) is 6. The normalized spacial score (nSPS) is 11.5. The number of nitrogens with two attached hydrogens (primary N) is 1. The Morgan fingerprint density at radius 3 is 2.50 bits per heavy atom. The maximum Gasteiger partial charge on any atom is 0.295 e. The summed E-state index contributed by atoms with van der Waals surface area (Å²) in [6.45, 7) is 0. The van der Waals surface area contributed by atoms with Gasteiger partial charge in [-0.1, -0.05) is 52.3 Å². The second-order valence-electron chi connectivity index (χ2n) is 7.78. The zero-order chi connectivity index (χ0) is 25.4. The van der Waals surface area contributed by atoms with Crippen molar-refractivity contribution < 1.29 is 17.6 Å².